The van der Waals surface area contributed by atoms with Gasteiger partial charge < -0.3 is 14.3 Å². The topological polar surface area (TPSA) is 64.2 Å². The Morgan fingerprint density at radius 3 is 2.75 bits per heavy atom. The summed E-state index contributed by atoms with van der Waals surface area (Å²) in [7, 11) is 0. The van der Waals surface area contributed by atoms with Crippen molar-refractivity contribution in [2.75, 3.05) is 0 Å². The number of rotatable bonds is 4. The molecule has 1 unspecified atom stereocenters. The van der Waals surface area contributed by atoms with Gasteiger partial charge in [0.15, 0.2) is 0 Å². The first-order valence-electron chi connectivity index (χ1n) is 8.05. The average Bonchev–Trinajstić information content (AvgIpc) is 3.13. The third kappa shape index (κ3) is 3.48. The number of nitrogens with one attached hydrogen (secondary N) is 1. The second kappa shape index (κ2) is 6.11. The first kappa shape index (κ1) is 16.2. The molecule has 126 valence electrons. The van der Waals surface area contributed by atoms with E-state index in [-0.39, 0.29) is 17.4 Å². The summed E-state index contributed by atoms with van der Waals surface area (Å²) in [6.45, 7) is 9.02. The molecule has 3 rings (SSSR count). The van der Waals surface area contributed by atoms with Crippen molar-refractivity contribution in [3.05, 3.63) is 54.5 Å². The summed E-state index contributed by atoms with van der Waals surface area (Å²) in [6, 6.07) is 3.87. The monoisotopic (exact) mass is 325 g/mol. The first-order chi connectivity index (χ1) is 11.3. The molecule has 3 heterocycles. The van der Waals surface area contributed by atoms with Crippen LogP contribution in [0, 0.1) is 12.3 Å². The zero-order chi connectivity index (χ0) is 17.3. The number of carbonyl (C=O) groups is 1. The van der Waals surface area contributed by atoms with Gasteiger partial charge in [-0.15, -0.1) is 0 Å². The van der Waals surface area contributed by atoms with Crippen molar-refractivity contribution in [3.8, 4) is 0 Å². The highest BCUT2D eigenvalue weighted by molar-refractivity contribution is 5.93. The molecule has 1 amide bonds. The lowest BCUT2D eigenvalue weighted by atomic mass is 9.86. The molecule has 0 aliphatic rings. The van der Waals surface area contributed by atoms with E-state index in [2.05, 4.69) is 36.1 Å². The van der Waals surface area contributed by atoms with E-state index >= 15 is 0 Å². The van der Waals surface area contributed by atoms with E-state index in [0.717, 1.165) is 11.2 Å². The van der Waals surface area contributed by atoms with Crippen molar-refractivity contribution in [2.45, 2.75) is 40.3 Å². The molecule has 0 aliphatic carbocycles. The lowest BCUT2D eigenvalue weighted by molar-refractivity contribution is 0.0888. The second-order valence-electron chi connectivity index (χ2n) is 7.25. The number of aromatic nitrogens is 4. The minimum Gasteiger partial charge on any atom is -0.346 e. The van der Waals surface area contributed by atoms with Gasteiger partial charge >= 0.3 is 0 Å². The summed E-state index contributed by atoms with van der Waals surface area (Å²) in [5.41, 5.74) is 2.24. The quantitative estimate of drug-likeness (QED) is 0.802. The fourth-order valence-corrected chi connectivity index (χ4v) is 2.59. The SMILES string of the molecule is Cc1ccc2nc(C(=O)NC(Cn3ccnc3)C(C)(C)C)cn2c1. The number of hydrogen-bond donors (Lipinski definition) is 1. The third-order valence-electron chi connectivity index (χ3n) is 4.13. The standard InChI is InChI=1S/C18H23N5O/c1-13-5-6-16-20-14(10-23(16)9-13)17(24)21-15(18(2,3)4)11-22-8-7-19-12-22/h5-10,12,15H,11H2,1-4H3,(H,21,24). The maximum absolute atomic E-state index is 12.7. The normalized spacial score (nSPS) is 13.2. The molecule has 0 aliphatic heterocycles. The predicted molar refractivity (Wildman–Crippen MR) is 92.9 cm³/mol. The second-order valence-corrected chi connectivity index (χ2v) is 7.25. The predicted octanol–water partition coefficient (Wildman–Crippen LogP) is 2.68. The summed E-state index contributed by atoms with van der Waals surface area (Å²) >= 11 is 0. The lowest BCUT2D eigenvalue weighted by Crippen LogP contribution is -2.46. The average molecular weight is 325 g/mol. The molecule has 3 aromatic rings. The van der Waals surface area contributed by atoms with E-state index < -0.39 is 0 Å². The molecule has 0 fully saturated rings. The number of carbonyl (C=O) groups excluding carboxylic acids is 1. The van der Waals surface area contributed by atoms with E-state index in [1.165, 1.54) is 0 Å². The Morgan fingerprint density at radius 2 is 2.08 bits per heavy atom. The van der Waals surface area contributed by atoms with Gasteiger partial charge in [-0.05, 0) is 24.0 Å². The van der Waals surface area contributed by atoms with Gasteiger partial charge in [0.05, 0.1) is 12.4 Å². The number of imidazole rings is 2. The van der Waals surface area contributed by atoms with Crippen LogP contribution in [-0.2, 0) is 6.54 Å². The summed E-state index contributed by atoms with van der Waals surface area (Å²) in [6.07, 6.45) is 9.14. The van der Waals surface area contributed by atoms with Crippen LogP contribution in [-0.4, -0.2) is 30.9 Å². The molecular weight excluding hydrogens is 302 g/mol. The Labute approximate surface area is 141 Å². The van der Waals surface area contributed by atoms with Crippen molar-refractivity contribution in [1.82, 2.24) is 24.3 Å². The molecule has 0 aromatic carbocycles. The summed E-state index contributed by atoms with van der Waals surface area (Å²) in [5.74, 6) is -0.156. The van der Waals surface area contributed by atoms with E-state index in [4.69, 9.17) is 0 Å². The molecule has 1 atom stereocenters. The number of aryl methyl sites for hydroxylation is 1. The van der Waals surface area contributed by atoms with E-state index in [9.17, 15) is 4.79 Å². The van der Waals surface area contributed by atoms with Crippen LogP contribution >= 0.6 is 0 Å². The van der Waals surface area contributed by atoms with Gasteiger partial charge in [-0.3, -0.25) is 4.79 Å². The molecular formula is C18H23N5O. The number of pyridine rings is 1. The van der Waals surface area contributed by atoms with Crippen molar-refractivity contribution >= 4 is 11.6 Å². The van der Waals surface area contributed by atoms with E-state index in [0.29, 0.717) is 12.2 Å². The van der Waals surface area contributed by atoms with Crippen LogP contribution in [0.3, 0.4) is 0 Å². The van der Waals surface area contributed by atoms with Crippen molar-refractivity contribution < 1.29 is 4.79 Å². The first-order valence-corrected chi connectivity index (χ1v) is 8.05. The Hall–Kier alpha value is -2.63. The number of hydrogen-bond acceptors (Lipinski definition) is 3. The van der Waals surface area contributed by atoms with Gasteiger partial charge in [0.2, 0.25) is 0 Å². The van der Waals surface area contributed by atoms with Gasteiger partial charge in [0, 0.05) is 31.3 Å². The fourth-order valence-electron chi connectivity index (χ4n) is 2.59. The number of fused-ring (bicyclic) bond motifs is 1. The Balaban J connectivity index is 1.81. The highest BCUT2D eigenvalue weighted by Gasteiger charge is 2.27. The summed E-state index contributed by atoms with van der Waals surface area (Å²) in [4.78, 5) is 21.2. The maximum atomic E-state index is 12.7. The van der Waals surface area contributed by atoms with Gasteiger partial charge in [0.1, 0.15) is 11.3 Å². The van der Waals surface area contributed by atoms with Crippen molar-refractivity contribution in [2.24, 2.45) is 5.41 Å². The Morgan fingerprint density at radius 1 is 1.29 bits per heavy atom. The molecule has 24 heavy (non-hydrogen) atoms. The number of nitrogens with zero attached hydrogens (tertiary/aromatic N) is 4. The van der Waals surface area contributed by atoms with E-state index in [1.807, 2.05) is 40.4 Å². The molecule has 0 radical (unpaired) electrons. The maximum Gasteiger partial charge on any atom is 0.271 e. The van der Waals surface area contributed by atoms with Crippen molar-refractivity contribution in [1.29, 1.82) is 0 Å². The van der Waals surface area contributed by atoms with Crippen LogP contribution in [0.4, 0.5) is 0 Å². The molecule has 0 saturated heterocycles. The Bertz CT molecular complexity index is 842. The summed E-state index contributed by atoms with van der Waals surface area (Å²) in [5, 5.41) is 3.12. The molecule has 0 spiro atoms. The molecule has 3 aromatic heterocycles. The van der Waals surface area contributed by atoms with Gasteiger partial charge in [-0.25, -0.2) is 9.97 Å². The molecule has 6 heteroatoms. The molecule has 0 bridgehead atoms. The molecule has 1 N–H and O–H groups in total. The highest BCUT2D eigenvalue weighted by Crippen LogP contribution is 2.21. The zero-order valence-corrected chi connectivity index (χ0v) is 14.5. The minimum absolute atomic E-state index is 0.0363. The Kier molecular flexibility index (Phi) is 4.13. The van der Waals surface area contributed by atoms with Gasteiger partial charge in [-0.1, -0.05) is 26.8 Å². The van der Waals surface area contributed by atoms with Crippen LogP contribution in [0.2, 0.25) is 0 Å². The zero-order valence-electron chi connectivity index (χ0n) is 14.5. The van der Waals surface area contributed by atoms with E-state index in [1.54, 1.807) is 18.7 Å². The third-order valence-corrected chi connectivity index (χ3v) is 4.13. The van der Waals surface area contributed by atoms with Gasteiger partial charge in [0.25, 0.3) is 5.91 Å². The van der Waals surface area contributed by atoms with Crippen LogP contribution < -0.4 is 5.32 Å². The van der Waals surface area contributed by atoms with Gasteiger partial charge in [-0.2, -0.15) is 0 Å². The van der Waals surface area contributed by atoms with Crippen molar-refractivity contribution in [3.63, 3.8) is 0 Å². The highest BCUT2D eigenvalue weighted by atomic mass is 16.2. The molecule has 6 nitrogen and oxygen atoms in total. The fraction of sp³-hybridized carbons (Fsp3) is 0.389. The summed E-state index contributed by atoms with van der Waals surface area (Å²) < 4.78 is 3.86. The van der Waals surface area contributed by atoms with Crippen LogP contribution in [0.25, 0.3) is 5.65 Å². The smallest absolute Gasteiger partial charge is 0.271 e. The largest absolute Gasteiger partial charge is 0.346 e. The van der Waals surface area contributed by atoms with Crippen LogP contribution in [0.1, 0.15) is 36.8 Å². The lowest BCUT2D eigenvalue weighted by Gasteiger charge is -2.31. The van der Waals surface area contributed by atoms with Crippen LogP contribution in [0.15, 0.2) is 43.2 Å². The minimum atomic E-state index is -0.156. The molecule has 0 saturated carbocycles. The van der Waals surface area contributed by atoms with Crippen LogP contribution in [0.5, 0.6) is 0 Å². The number of amides is 1.